The molecule has 82 valence electrons. The monoisotopic (exact) mass is 216 g/mol. The Labute approximate surface area is 91.3 Å². The Kier molecular flexibility index (Phi) is 4.78. The summed E-state index contributed by atoms with van der Waals surface area (Å²) in [5.41, 5.74) is 5.43. The average Bonchev–Trinajstić information content (AvgIpc) is 2.10. The van der Waals surface area contributed by atoms with E-state index in [0.717, 1.165) is 38.9 Å². The second-order valence-corrected chi connectivity index (χ2v) is 4.73. The van der Waals surface area contributed by atoms with Crippen LogP contribution in [-0.4, -0.2) is 40.7 Å². The fourth-order valence-electron chi connectivity index (χ4n) is 1.90. The predicted molar refractivity (Wildman–Crippen MR) is 62.2 cm³/mol. The van der Waals surface area contributed by atoms with E-state index >= 15 is 0 Å². The number of nitrogens with zero attached hydrogens (tertiary/aromatic N) is 1. The smallest absolute Gasteiger partial charge is 0.0727 e. The van der Waals surface area contributed by atoms with Crippen LogP contribution < -0.4 is 5.73 Å². The molecule has 1 fully saturated rings. The summed E-state index contributed by atoms with van der Waals surface area (Å²) in [5.74, 6) is 0.397. The largest absolute Gasteiger partial charge is 0.393 e. The van der Waals surface area contributed by atoms with Gasteiger partial charge in [0.15, 0.2) is 0 Å². The van der Waals surface area contributed by atoms with Crippen LogP contribution in [0, 0.1) is 5.92 Å². The third-order valence-electron chi connectivity index (χ3n) is 2.84. The number of thiocarbonyl (C=S) groups is 1. The highest BCUT2D eigenvalue weighted by atomic mass is 32.1. The van der Waals surface area contributed by atoms with E-state index in [1.54, 1.807) is 0 Å². The van der Waals surface area contributed by atoms with E-state index in [9.17, 15) is 5.11 Å². The minimum absolute atomic E-state index is 0.109. The van der Waals surface area contributed by atoms with E-state index in [0.29, 0.717) is 10.9 Å². The lowest BCUT2D eigenvalue weighted by Gasteiger charge is -2.34. The molecule has 0 aromatic carbocycles. The molecule has 2 atom stereocenters. The molecule has 1 heterocycles. The standard InChI is InChI=1S/C10H20N2OS/c1-8-7-12(6-4-9(8)13)5-2-3-10(11)14/h8-9,13H,2-7H2,1H3,(H2,11,14). The van der Waals surface area contributed by atoms with E-state index in [4.69, 9.17) is 18.0 Å². The molecule has 0 amide bonds. The van der Waals surface area contributed by atoms with Gasteiger partial charge in [0, 0.05) is 13.1 Å². The van der Waals surface area contributed by atoms with Crippen LogP contribution in [0.2, 0.25) is 0 Å². The number of aliphatic hydroxyl groups is 1. The first kappa shape index (κ1) is 11.9. The van der Waals surface area contributed by atoms with Crippen LogP contribution in [0.3, 0.4) is 0 Å². The Bertz CT molecular complexity index is 199. The van der Waals surface area contributed by atoms with Gasteiger partial charge in [0.1, 0.15) is 0 Å². The van der Waals surface area contributed by atoms with Crippen molar-refractivity contribution in [2.24, 2.45) is 11.7 Å². The number of aliphatic hydroxyl groups excluding tert-OH is 1. The number of piperidine rings is 1. The maximum absolute atomic E-state index is 9.54. The van der Waals surface area contributed by atoms with Crippen molar-refractivity contribution in [2.75, 3.05) is 19.6 Å². The second-order valence-electron chi connectivity index (χ2n) is 4.20. The fraction of sp³-hybridized carbons (Fsp3) is 0.900. The number of rotatable bonds is 4. The van der Waals surface area contributed by atoms with Gasteiger partial charge in [-0.25, -0.2) is 0 Å². The summed E-state index contributed by atoms with van der Waals surface area (Å²) in [6.07, 6.45) is 2.66. The molecule has 4 heteroatoms. The van der Waals surface area contributed by atoms with Gasteiger partial charge in [-0.2, -0.15) is 0 Å². The van der Waals surface area contributed by atoms with Gasteiger partial charge in [-0.3, -0.25) is 0 Å². The summed E-state index contributed by atoms with van der Waals surface area (Å²) in [7, 11) is 0. The molecule has 0 spiro atoms. The lowest BCUT2D eigenvalue weighted by molar-refractivity contribution is 0.0349. The van der Waals surface area contributed by atoms with E-state index in [-0.39, 0.29) is 6.10 Å². The van der Waals surface area contributed by atoms with E-state index < -0.39 is 0 Å². The van der Waals surface area contributed by atoms with E-state index in [1.165, 1.54) is 0 Å². The van der Waals surface area contributed by atoms with Gasteiger partial charge < -0.3 is 15.7 Å². The molecule has 2 unspecified atom stereocenters. The van der Waals surface area contributed by atoms with Crippen LogP contribution in [0.25, 0.3) is 0 Å². The molecule has 0 bridgehead atoms. The normalized spacial score (nSPS) is 29.0. The zero-order valence-electron chi connectivity index (χ0n) is 8.78. The van der Waals surface area contributed by atoms with Crippen LogP contribution >= 0.6 is 12.2 Å². The van der Waals surface area contributed by atoms with Crippen molar-refractivity contribution >= 4 is 17.2 Å². The molecule has 0 aromatic heterocycles. The molecule has 1 saturated heterocycles. The van der Waals surface area contributed by atoms with Crippen molar-refractivity contribution in [3.05, 3.63) is 0 Å². The Hall–Kier alpha value is -0.190. The zero-order chi connectivity index (χ0) is 10.6. The maximum atomic E-state index is 9.54. The van der Waals surface area contributed by atoms with Gasteiger partial charge in [-0.1, -0.05) is 19.1 Å². The van der Waals surface area contributed by atoms with Crippen LogP contribution in [-0.2, 0) is 0 Å². The Morgan fingerprint density at radius 3 is 2.93 bits per heavy atom. The molecule has 14 heavy (non-hydrogen) atoms. The highest BCUT2D eigenvalue weighted by molar-refractivity contribution is 7.80. The van der Waals surface area contributed by atoms with Gasteiger partial charge in [-0.15, -0.1) is 0 Å². The van der Waals surface area contributed by atoms with Crippen LogP contribution in [0.4, 0.5) is 0 Å². The van der Waals surface area contributed by atoms with Crippen molar-refractivity contribution in [3.63, 3.8) is 0 Å². The van der Waals surface area contributed by atoms with Gasteiger partial charge in [0.05, 0.1) is 11.1 Å². The second kappa shape index (κ2) is 5.63. The predicted octanol–water partition coefficient (Wildman–Crippen LogP) is 0.755. The van der Waals surface area contributed by atoms with Gasteiger partial charge in [-0.05, 0) is 31.7 Å². The van der Waals surface area contributed by atoms with Gasteiger partial charge in [0.2, 0.25) is 0 Å². The number of hydrogen-bond donors (Lipinski definition) is 2. The Morgan fingerprint density at radius 2 is 2.36 bits per heavy atom. The molecule has 0 radical (unpaired) electrons. The topological polar surface area (TPSA) is 49.5 Å². The molecule has 3 N–H and O–H groups in total. The Balaban J connectivity index is 2.16. The molecule has 0 aromatic rings. The molecular formula is C10H20N2OS. The van der Waals surface area contributed by atoms with E-state index in [1.807, 2.05) is 0 Å². The highest BCUT2D eigenvalue weighted by Crippen LogP contribution is 2.16. The number of nitrogens with two attached hydrogens (primary N) is 1. The molecule has 0 saturated carbocycles. The Morgan fingerprint density at radius 1 is 1.64 bits per heavy atom. The van der Waals surface area contributed by atoms with Crippen molar-refractivity contribution in [3.8, 4) is 0 Å². The third-order valence-corrected chi connectivity index (χ3v) is 3.05. The lowest BCUT2D eigenvalue weighted by Crippen LogP contribution is -2.42. The minimum Gasteiger partial charge on any atom is -0.393 e. The summed E-state index contributed by atoms with van der Waals surface area (Å²) < 4.78 is 0. The summed E-state index contributed by atoms with van der Waals surface area (Å²) in [4.78, 5) is 2.99. The first-order chi connectivity index (χ1) is 6.59. The van der Waals surface area contributed by atoms with Crippen LogP contribution in [0.15, 0.2) is 0 Å². The average molecular weight is 216 g/mol. The molecule has 3 nitrogen and oxygen atoms in total. The van der Waals surface area contributed by atoms with Crippen LogP contribution in [0.5, 0.6) is 0 Å². The first-order valence-electron chi connectivity index (χ1n) is 5.28. The van der Waals surface area contributed by atoms with Crippen molar-refractivity contribution < 1.29 is 5.11 Å². The first-order valence-corrected chi connectivity index (χ1v) is 5.69. The molecule has 1 aliphatic rings. The molecular weight excluding hydrogens is 196 g/mol. The quantitative estimate of drug-likeness (QED) is 0.681. The highest BCUT2D eigenvalue weighted by Gasteiger charge is 2.23. The molecule has 0 aliphatic carbocycles. The fourth-order valence-corrected chi connectivity index (χ4v) is 2.04. The van der Waals surface area contributed by atoms with Crippen molar-refractivity contribution in [1.29, 1.82) is 0 Å². The SMILES string of the molecule is CC1CN(CCCC(N)=S)CCC1O. The summed E-state index contributed by atoms with van der Waals surface area (Å²) in [6, 6.07) is 0. The summed E-state index contributed by atoms with van der Waals surface area (Å²) in [6.45, 7) is 5.15. The number of hydrogen-bond acceptors (Lipinski definition) is 3. The maximum Gasteiger partial charge on any atom is 0.0727 e. The number of likely N-dealkylation sites (tertiary alicyclic amines) is 1. The molecule has 1 rings (SSSR count). The molecule has 1 aliphatic heterocycles. The zero-order valence-corrected chi connectivity index (χ0v) is 9.59. The van der Waals surface area contributed by atoms with Gasteiger partial charge in [0.25, 0.3) is 0 Å². The minimum atomic E-state index is -0.109. The van der Waals surface area contributed by atoms with Crippen molar-refractivity contribution in [1.82, 2.24) is 4.90 Å². The summed E-state index contributed by atoms with van der Waals surface area (Å²) >= 11 is 4.82. The summed E-state index contributed by atoms with van der Waals surface area (Å²) in [5, 5.41) is 9.54. The van der Waals surface area contributed by atoms with Crippen molar-refractivity contribution in [2.45, 2.75) is 32.3 Å². The third kappa shape index (κ3) is 3.90. The van der Waals surface area contributed by atoms with Gasteiger partial charge >= 0.3 is 0 Å². The lowest BCUT2D eigenvalue weighted by atomic mass is 9.96. The van der Waals surface area contributed by atoms with Crippen LogP contribution in [0.1, 0.15) is 26.2 Å². The van der Waals surface area contributed by atoms with E-state index in [2.05, 4.69) is 11.8 Å².